The molecule has 0 radical (unpaired) electrons. The number of aliphatic hydroxyl groups excluding tert-OH is 1. The summed E-state index contributed by atoms with van der Waals surface area (Å²) in [6.07, 6.45) is 85.2. The van der Waals surface area contributed by atoms with Crippen LogP contribution in [0, 0.1) is 0 Å². The van der Waals surface area contributed by atoms with E-state index in [-0.39, 0.29) is 19.1 Å². The number of unbranched alkanes of at least 4 members (excludes halogenated alkanes) is 43. The van der Waals surface area contributed by atoms with Crippen LogP contribution in [0.1, 0.15) is 335 Å². The second-order valence-electron chi connectivity index (χ2n) is 24.9. The predicted molar refractivity (Wildman–Crippen MR) is 350 cm³/mol. The van der Waals surface area contributed by atoms with Gasteiger partial charge in [0, 0.05) is 6.42 Å². The molecule has 3 unspecified atom stereocenters. The number of phosphoric acid groups is 1. The quantitative estimate of drug-likeness (QED) is 0.0243. The molecular formula is C71H136N2O6P+. The molecule has 3 N–H and O–H groups in total. The summed E-state index contributed by atoms with van der Waals surface area (Å²) in [6.45, 7) is 4.83. The number of quaternary nitrogens is 1. The first-order valence-electron chi connectivity index (χ1n) is 34.7. The largest absolute Gasteiger partial charge is 0.472 e. The van der Waals surface area contributed by atoms with Crippen molar-refractivity contribution in [2.45, 2.75) is 347 Å². The van der Waals surface area contributed by atoms with Crippen molar-refractivity contribution in [2.75, 3.05) is 40.9 Å². The van der Waals surface area contributed by atoms with Gasteiger partial charge in [0.1, 0.15) is 13.2 Å². The van der Waals surface area contributed by atoms with Crippen molar-refractivity contribution in [2.24, 2.45) is 0 Å². The highest BCUT2D eigenvalue weighted by molar-refractivity contribution is 7.47. The first-order valence-corrected chi connectivity index (χ1v) is 36.2. The number of phosphoric ester groups is 1. The van der Waals surface area contributed by atoms with Crippen LogP contribution in [0.2, 0.25) is 0 Å². The van der Waals surface area contributed by atoms with Crippen LogP contribution in [0.3, 0.4) is 0 Å². The Hall–Kier alpha value is -1.80. The minimum Gasteiger partial charge on any atom is -0.387 e. The average Bonchev–Trinajstić information content (AvgIpc) is 3.42. The first-order chi connectivity index (χ1) is 39.0. The fourth-order valence-corrected chi connectivity index (χ4v) is 11.0. The molecular weight excluding hydrogens is 1010 g/mol. The van der Waals surface area contributed by atoms with Crippen LogP contribution >= 0.6 is 7.82 Å². The molecule has 0 aromatic carbocycles. The number of hydrogen-bond acceptors (Lipinski definition) is 5. The number of rotatable bonds is 64. The van der Waals surface area contributed by atoms with Crippen molar-refractivity contribution >= 4 is 13.7 Å². The Balaban J connectivity index is 4.11. The smallest absolute Gasteiger partial charge is 0.387 e. The van der Waals surface area contributed by atoms with Gasteiger partial charge in [-0.3, -0.25) is 13.8 Å². The molecule has 0 saturated heterocycles. The molecule has 0 aromatic rings. The molecule has 470 valence electrons. The second kappa shape index (κ2) is 61.8. The van der Waals surface area contributed by atoms with Crippen LogP contribution in [-0.4, -0.2) is 73.4 Å². The zero-order valence-corrected chi connectivity index (χ0v) is 54.7. The van der Waals surface area contributed by atoms with Gasteiger partial charge in [0.25, 0.3) is 0 Å². The Morgan fingerprint density at radius 2 is 0.725 bits per heavy atom. The molecule has 0 saturated carbocycles. The van der Waals surface area contributed by atoms with Crippen molar-refractivity contribution in [3.8, 4) is 0 Å². The Bertz CT molecular complexity index is 1490. The second-order valence-corrected chi connectivity index (χ2v) is 26.3. The fourth-order valence-electron chi connectivity index (χ4n) is 10.3. The third kappa shape index (κ3) is 63.8. The summed E-state index contributed by atoms with van der Waals surface area (Å²) in [5.74, 6) is -0.187. The van der Waals surface area contributed by atoms with Gasteiger partial charge in [-0.1, -0.05) is 312 Å². The molecule has 8 nitrogen and oxygen atoms in total. The zero-order chi connectivity index (χ0) is 58.4. The Labute approximate surface area is 498 Å². The lowest BCUT2D eigenvalue weighted by molar-refractivity contribution is -0.870. The summed E-state index contributed by atoms with van der Waals surface area (Å²) in [7, 11) is 1.55. The number of allylic oxidation sites excluding steroid dienone is 9. The van der Waals surface area contributed by atoms with E-state index in [1.807, 2.05) is 27.2 Å². The van der Waals surface area contributed by atoms with Crippen LogP contribution < -0.4 is 5.32 Å². The van der Waals surface area contributed by atoms with Gasteiger partial charge in [-0.2, -0.15) is 0 Å². The predicted octanol–water partition coefficient (Wildman–Crippen LogP) is 22.0. The lowest BCUT2D eigenvalue weighted by Gasteiger charge is -2.25. The van der Waals surface area contributed by atoms with Crippen molar-refractivity contribution < 1.29 is 32.9 Å². The molecule has 0 bridgehead atoms. The highest BCUT2D eigenvalue weighted by atomic mass is 31.2. The number of hydrogen-bond donors (Lipinski definition) is 3. The summed E-state index contributed by atoms with van der Waals surface area (Å²) in [6, 6.07) is -0.873. The Morgan fingerprint density at radius 3 is 1.07 bits per heavy atom. The molecule has 0 spiro atoms. The first kappa shape index (κ1) is 78.2. The molecule has 3 atom stereocenters. The van der Waals surface area contributed by atoms with Crippen molar-refractivity contribution in [1.29, 1.82) is 0 Å². The highest BCUT2D eigenvalue weighted by Crippen LogP contribution is 2.43. The van der Waals surface area contributed by atoms with E-state index in [0.717, 1.165) is 51.4 Å². The van der Waals surface area contributed by atoms with E-state index in [9.17, 15) is 19.4 Å². The van der Waals surface area contributed by atoms with Gasteiger partial charge >= 0.3 is 7.82 Å². The monoisotopic (exact) mass is 1140 g/mol. The number of nitrogens with zero attached hydrogens (tertiary/aromatic N) is 1. The maximum atomic E-state index is 13.0. The van der Waals surface area contributed by atoms with Gasteiger partial charge in [0.15, 0.2) is 0 Å². The number of nitrogens with one attached hydrogen (secondary N) is 1. The van der Waals surface area contributed by atoms with Gasteiger partial charge < -0.3 is 19.8 Å². The maximum absolute atomic E-state index is 13.0. The van der Waals surface area contributed by atoms with Crippen molar-refractivity contribution in [3.05, 3.63) is 60.8 Å². The maximum Gasteiger partial charge on any atom is 0.472 e. The van der Waals surface area contributed by atoms with Gasteiger partial charge in [0.2, 0.25) is 5.91 Å². The third-order valence-corrected chi connectivity index (χ3v) is 16.7. The van der Waals surface area contributed by atoms with Crippen molar-refractivity contribution in [3.63, 3.8) is 0 Å². The van der Waals surface area contributed by atoms with E-state index in [0.29, 0.717) is 17.4 Å². The van der Waals surface area contributed by atoms with Crippen molar-refractivity contribution in [1.82, 2.24) is 5.32 Å². The molecule has 0 fully saturated rings. The van der Waals surface area contributed by atoms with Crippen LogP contribution in [-0.2, 0) is 18.4 Å². The summed E-state index contributed by atoms with van der Waals surface area (Å²) < 4.78 is 23.8. The molecule has 0 heterocycles. The van der Waals surface area contributed by atoms with E-state index < -0.39 is 20.0 Å². The van der Waals surface area contributed by atoms with E-state index in [2.05, 4.69) is 67.8 Å². The molecule has 0 aliphatic heterocycles. The van der Waals surface area contributed by atoms with Crippen LogP contribution in [0.25, 0.3) is 0 Å². The number of aliphatic hydroxyl groups is 1. The number of carbonyl (C=O) groups is 1. The molecule has 80 heavy (non-hydrogen) atoms. The van der Waals surface area contributed by atoms with E-state index >= 15 is 0 Å². The van der Waals surface area contributed by atoms with Gasteiger partial charge in [-0.05, 0) is 77.0 Å². The minimum absolute atomic E-state index is 0.0532. The van der Waals surface area contributed by atoms with Crippen LogP contribution in [0.15, 0.2) is 60.8 Å². The minimum atomic E-state index is -4.37. The Morgan fingerprint density at radius 1 is 0.425 bits per heavy atom. The summed E-state index contributed by atoms with van der Waals surface area (Å²) in [4.78, 5) is 23.4. The van der Waals surface area contributed by atoms with Gasteiger partial charge in [-0.25, -0.2) is 4.57 Å². The standard InChI is InChI=1S/C71H135N2O6P/c1-6-8-10-12-14-16-18-20-22-24-26-28-30-32-33-34-35-36-37-38-39-41-43-45-47-49-51-53-55-57-59-61-63-65-71(75)72-69(68-79-80(76,77)78-67-66-73(3,4)5)70(74)64-62-60-58-56-54-52-50-48-46-44-42-40-31-29-27-25-23-21-19-17-15-13-11-9-7-2/h26,28,32-33,46,48,54,56,62,64,69-70,74H,6-25,27,29-31,34-45,47,49-53,55,57-61,63,65-68H2,1-5H3,(H-,72,75,76,77)/p+1/b28-26-,33-32-,48-46+,56-54+,64-62+. The number of likely N-dealkylation sites (N-methyl/N-ethyl adjacent to an activating group) is 1. The highest BCUT2D eigenvalue weighted by Gasteiger charge is 2.28. The summed E-state index contributed by atoms with van der Waals surface area (Å²) in [5, 5.41) is 14.0. The molecule has 0 aromatic heterocycles. The average molecular weight is 1140 g/mol. The van der Waals surface area contributed by atoms with Crippen LogP contribution in [0.4, 0.5) is 0 Å². The van der Waals surface area contributed by atoms with E-state index in [4.69, 9.17) is 9.05 Å². The number of carbonyl (C=O) groups excluding carboxylic acids is 1. The van der Waals surface area contributed by atoms with Gasteiger partial charge in [0.05, 0.1) is 39.9 Å². The van der Waals surface area contributed by atoms with Crippen LogP contribution in [0.5, 0.6) is 0 Å². The lowest BCUT2D eigenvalue weighted by Crippen LogP contribution is -2.45. The summed E-state index contributed by atoms with van der Waals surface area (Å²) in [5.41, 5.74) is 0. The molecule has 0 aliphatic rings. The lowest BCUT2D eigenvalue weighted by atomic mass is 10.0. The van der Waals surface area contributed by atoms with E-state index in [1.54, 1.807) is 6.08 Å². The molecule has 0 rings (SSSR count). The summed E-state index contributed by atoms with van der Waals surface area (Å²) >= 11 is 0. The third-order valence-electron chi connectivity index (χ3n) is 15.7. The SMILES string of the molecule is CCCCCCCCCCC/C=C\C/C=C\CCCCCCCCCCCCCCCCCCCC(=O)NC(COP(=O)(O)OCC[N+](C)(C)C)C(O)/C=C/CC/C=C/CC/C=C/CCCCCCCCCCCCCCCCC. The topological polar surface area (TPSA) is 105 Å². The van der Waals surface area contributed by atoms with E-state index in [1.165, 1.54) is 263 Å². The van der Waals surface area contributed by atoms with Gasteiger partial charge in [-0.15, -0.1) is 0 Å². The molecule has 1 amide bonds. The fraction of sp³-hybridized carbons (Fsp3) is 0.845. The Kier molecular flexibility index (Phi) is 60.4. The molecule has 9 heteroatoms. The number of amides is 1. The normalized spacial score (nSPS) is 14.0. The zero-order valence-electron chi connectivity index (χ0n) is 53.8. The molecule has 0 aliphatic carbocycles.